The van der Waals surface area contributed by atoms with E-state index in [1.165, 1.54) is 12.5 Å². The fourth-order valence-corrected chi connectivity index (χ4v) is 1.68. The van der Waals surface area contributed by atoms with Gasteiger partial charge in [0, 0.05) is 29.4 Å². The first kappa shape index (κ1) is 14.7. The summed E-state index contributed by atoms with van der Waals surface area (Å²) in [6.07, 6.45) is 4.59. The monoisotopic (exact) mass is 290 g/mol. The highest BCUT2D eigenvalue weighted by Crippen LogP contribution is 2.16. The fourth-order valence-electron chi connectivity index (χ4n) is 1.68. The number of hydrogen-bond acceptors (Lipinski definition) is 3. The van der Waals surface area contributed by atoms with Gasteiger partial charge in [0.1, 0.15) is 11.6 Å². The predicted molar refractivity (Wildman–Crippen MR) is 71.2 cm³/mol. The Morgan fingerprint density at radius 1 is 1.38 bits per heavy atom. The first-order chi connectivity index (χ1) is 10.1. The van der Waals surface area contributed by atoms with Gasteiger partial charge in [-0.1, -0.05) is 5.92 Å². The molecular formula is C15H12F2N2O2. The second-order valence-corrected chi connectivity index (χ2v) is 4.12. The van der Waals surface area contributed by atoms with Crippen molar-refractivity contribution in [2.75, 3.05) is 6.61 Å². The Kier molecular flexibility index (Phi) is 4.67. The SMILES string of the molecule is CCOC(=O)C#Cc1cc(F)c(Cn2ccnc2)c(F)c1. The molecule has 0 fully saturated rings. The number of rotatable bonds is 3. The van der Waals surface area contributed by atoms with Crippen molar-refractivity contribution in [2.45, 2.75) is 13.5 Å². The van der Waals surface area contributed by atoms with Crippen molar-refractivity contribution >= 4 is 5.97 Å². The molecule has 6 heteroatoms. The van der Waals surface area contributed by atoms with Gasteiger partial charge in [-0.25, -0.2) is 18.6 Å². The van der Waals surface area contributed by atoms with E-state index in [2.05, 4.69) is 21.6 Å². The molecular weight excluding hydrogens is 278 g/mol. The smallest absolute Gasteiger partial charge is 0.384 e. The summed E-state index contributed by atoms with van der Waals surface area (Å²) in [5.41, 5.74) is -0.0119. The molecule has 2 rings (SSSR count). The Morgan fingerprint density at radius 2 is 2.10 bits per heavy atom. The Morgan fingerprint density at radius 3 is 2.67 bits per heavy atom. The summed E-state index contributed by atoms with van der Waals surface area (Å²) >= 11 is 0. The van der Waals surface area contributed by atoms with Crippen LogP contribution in [-0.4, -0.2) is 22.1 Å². The van der Waals surface area contributed by atoms with Crippen LogP contribution >= 0.6 is 0 Å². The highest BCUT2D eigenvalue weighted by atomic mass is 19.1. The standard InChI is InChI=1S/C15H12F2N2O2/c1-2-21-15(20)4-3-11-7-13(16)12(14(17)8-11)9-19-6-5-18-10-19/h5-8,10H,2,9H2,1H3. The normalized spacial score (nSPS) is 9.86. The largest absolute Gasteiger partial charge is 0.456 e. The number of aromatic nitrogens is 2. The number of esters is 1. The predicted octanol–water partition coefficient (Wildman–Crippen LogP) is 2.12. The van der Waals surface area contributed by atoms with Crippen LogP contribution in [0.1, 0.15) is 18.1 Å². The maximum absolute atomic E-state index is 13.9. The summed E-state index contributed by atoms with van der Waals surface area (Å²) in [5.74, 6) is 2.35. The van der Waals surface area contributed by atoms with Crippen molar-refractivity contribution in [3.05, 3.63) is 53.6 Å². The number of nitrogens with zero attached hydrogens (tertiary/aromatic N) is 2. The molecule has 108 valence electrons. The average Bonchev–Trinajstić information content (AvgIpc) is 2.94. The lowest BCUT2D eigenvalue weighted by atomic mass is 10.1. The van der Waals surface area contributed by atoms with E-state index >= 15 is 0 Å². The topological polar surface area (TPSA) is 44.1 Å². The lowest BCUT2D eigenvalue weighted by molar-refractivity contribution is -0.136. The molecule has 1 heterocycles. The zero-order valence-corrected chi connectivity index (χ0v) is 11.3. The molecule has 0 aliphatic carbocycles. The van der Waals surface area contributed by atoms with Gasteiger partial charge in [0.15, 0.2) is 0 Å². The number of halogens is 2. The van der Waals surface area contributed by atoms with Gasteiger partial charge in [-0.15, -0.1) is 0 Å². The first-order valence-corrected chi connectivity index (χ1v) is 6.22. The van der Waals surface area contributed by atoms with E-state index in [4.69, 9.17) is 0 Å². The van der Waals surface area contributed by atoms with Crippen molar-refractivity contribution in [1.29, 1.82) is 0 Å². The molecule has 0 saturated heterocycles. The van der Waals surface area contributed by atoms with Crippen LogP contribution in [0.15, 0.2) is 30.9 Å². The third kappa shape index (κ3) is 3.89. The highest BCUT2D eigenvalue weighted by Gasteiger charge is 2.11. The molecule has 0 N–H and O–H groups in total. The molecule has 0 spiro atoms. The lowest BCUT2D eigenvalue weighted by Crippen LogP contribution is -2.04. The number of ether oxygens (including phenoxy) is 1. The summed E-state index contributed by atoms with van der Waals surface area (Å²) in [7, 11) is 0. The zero-order chi connectivity index (χ0) is 15.2. The van der Waals surface area contributed by atoms with Crippen LogP contribution in [0.5, 0.6) is 0 Å². The molecule has 4 nitrogen and oxygen atoms in total. The molecule has 0 unspecified atom stereocenters. The van der Waals surface area contributed by atoms with Gasteiger partial charge >= 0.3 is 5.97 Å². The number of carbonyl (C=O) groups excluding carboxylic acids is 1. The Balaban J connectivity index is 2.22. The van der Waals surface area contributed by atoms with Crippen molar-refractivity contribution in [3.8, 4) is 11.8 Å². The van der Waals surface area contributed by atoms with Crippen molar-refractivity contribution in [2.24, 2.45) is 0 Å². The fraction of sp³-hybridized carbons (Fsp3) is 0.200. The molecule has 0 aliphatic rings. The summed E-state index contributed by atoms with van der Waals surface area (Å²) in [5, 5.41) is 0. The van der Waals surface area contributed by atoms with E-state index in [9.17, 15) is 13.6 Å². The van der Waals surface area contributed by atoms with Crippen LogP contribution in [0.25, 0.3) is 0 Å². The number of hydrogen-bond donors (Lipinski definition) is 0. The molecule has 0 saturated carbocycles. The summed E-state index contributed by atoms with van der Waals surface area (Å²) in [6, 6.07) is 2.17. The van der Waals surface area contributed by atoms with Gasteiger partial charge in [0.05, 0.1) is 19.5 Å². The minimum atomic E-state index is -0.735. The summed E-state index contributed by atoms with van der Waals surface area (Å²) < 4.78 is 34.0. The van der Waals surface area contributed by atoms with Crippen LogP contribution in [-0.2, 0) is 16.1 Å². The summed E-state index contributed by atoms with van der Waals surface area (Å²) in [6.45, 7) is 1.87. The Hall–Kier alpha value is -2.68. The maximum atomic E-state index is 13.9. The van der Waals surface area contributed by atoms with Crippen molar-refractivity contribution in [1.82, 2.24) is 9.55 Å². The van der Waals surface area contributed by atoms with Gasteiger partial charge < -0.3 is 9.30 Å². The van der Waals surface area contributed by atoms with E-state index < -0.39 is 17.6 Å². The molecule has 0 atom stereocenters. The third-order valence-electron chi connectivity index (χ3n) is 2.63. The van der Waals surface area contributed by atoms with Gasteiger partial charge in [-0.2, -0.15) is 0 Å². The molecule has 0 aliphatic heterocycles. The molecule has 21 heavy (non-hydrogen) atoms. The molecule has 0 amide bonds. The van der Waals surface area contributed by atoms with Gasteiger partial charge in [0.2, 0.25) is 0 Å². The van der Waals surface area contributed by atoms with Crippen LogP contribution in [0.2, 0.25) is 0 Å². The minimum absolute atomic E-state index is 0.0310. The zero-order valence-electron chi connectivity index (χ0n) is 11.3. The van der Waals surface area contributed by atoms with Crippen LogP contribution in [0.4, 0.5) is 8.78 Å². The van der Waals surface area contributed by atoms with Crippen molar-refractivity contribution in [3.63, 3.8) is 0 Å². The second kappa shape index (κ2) is 6.66. The van der Waals surface area contributed by atoms with E-state index in [1.54, 1.807) is 17.7 Å². The molecule has 0 bridgehead atoms. The molecule has 1 aromatic carbocycles. The Labute approximate surface area is 120 Å². The number of carbonyl (C=O) groups is 1. The van der Waals surface area contributed by atoms with E-state index in [1.807, 2.05) is 0 Å². The quantitative estimate of drug-likeness (QED) is 0.642. The Bertz CT molecular complexity index is 677. The van der Waals surface area contributed by atoms with Crippen LogP contribution < -0.4 is 0 Å². The first-order valence-electron chi connectivity index (χ1n) is 6.22. The molecule has 0 radical (unpaired) electrons. The highest BCUT2D eigenvalue weighted by molar-refractivity contribution is 5.89. The lowest BCUT2D eigenvalue weighted by Gasteiger charge is -2.06. The van der Waals surface area contributed by atoms with Gasteiger partial charge in [-0.3, -0.25) is 0 Å². The third-order valence-corrected chi connectivity index (χ3v) is 2.63. The average molecular weight is 290 g/mol. The maximum Gasteiger partial charge on any atom is 0.384 e. The van der Waals surface area contributed by atoms with E-state index in [0.717, 1.165) is 12.1 Å². The number of imidazole rings is 1. The van der Waals surface area contributed by atoms with Gasteiger partial charge in [0.25, 0.3) is 0 Å². The van der Waals surface area contributed by atoms with E-state index in [0.29, 0.717) is 0 Å². The van der Waals surface area contributed by atoms with Crippen LogP contribution in [0.3, 0.4) is 0 Å². The van der Waals surface area contributed by atoms with Crippen LogP contribution in [0, 0.1) is 23.5 Å². The molecule has 1 aromatic heterocycles. The summed E-state index contributed by atoms with van der Waals surface area (Å²) in [4.78, 5) is 14.9. The van der Waals surface area contributed by atoms with E-state index in [-0.39, 0.29) is 24.3 Å². The molecule has 2 aromatic rings. The minimum Gasteiger partial charge on any atom is -0.456 e. The van der Waals surface area contributed by atoms with Gasteiger partial charge in [-0.05, 0) is 19.1 Å². The van der Waals surface area contributed by atoms with Crippen molar-refractivity contribution < 1.29 is 18.3 Å². The second-order valence-electron chi connectivity index (χ2n) is 4.12. The number of benzene rings is 1.